The number of alkyl halides is 3. The monoisotopic (exact) mass is 470 g/mol. The molecule has 2 N–H and O–H groups in total. The Balaban J connectivity index is 1.29. The van der Waals surface area contributed by atoms with Crippen molar-refractivity contribution >= 4 is 22.6 Å². The molecule has 10 heteroatoms. The molecule has 0 unspecified atom stereocenters. The van der Waals surface area contributed by atoms with Gasteiger partial charge in [-0.25, -0.2) is 4.98 Å². The van der Waals surface area contributed by atoms with E-state index in [1.165, 1.54) is 24.3 Å². The van der Waals surface area contributed by atoms with Gasteiger partial charge in [0.15, 0.2) is 5.76 Å². The Morgan fingerprint density at radius 2 is 1.91 bits per heavy atom. The van der Waals surface area contributed by atoms with Crippen LogP contribution < -0.4 is 5.32 Å². The lowest BCUT2D eigenvalue weighted by Gasteiger charge is -2.25. The third kappa shape index (κ3) is 4.82. The first-order chi connectivity index (χ1) is 16.3. The quantitative estimate of drug-likeness (QED) is 0.432. The number of aromatic amines is 1. The molecule has 0 spiro atoms. The average Bonchev–Trinajstić information content (AvgIpc) is 3.46. The number of benzene rings is 2. The zero-order chi connectivity index (χ0) is 23.7. The van der Waals surface area contributed by atoms with Gasteiger partial charge in [0.2, 0.25) is 0 Å². The summed E-state index contributed by atoms with van der Waals surface area (Å²) in [6.07, 6.45) is -4.46. The van der Waals surface area contributed by atoms with Crippen LogP contribution in [0.5, 0.6) is 0 Å². The number of morpholine rings is 1. The molecule has 1 saturated heterocycles. The number of aromatic nitrogens is 2. The van der Waals surface area contributed by atoms with E-state index in [9.17, 15) is 18.0 Å². The van der Waals surface area contributed by atoms with Crippen molar-refractivity contribution in [3.63, 3.8) is 0 Å². The largest absolute Gasteiger partial charge is 0.451 e. The summed E-state index contributed by atoms with van der Waals surface area (Å²) >= 11 is 0. The summed E-state index contributed by atoms with van der Waals surface area (Å²) in [6.45, 7) is 3.80. The van der Waals surface area contributed by atoms with Gasteiger partial charge >= 0.3 is 6.18 Å². The minimum atomic E-state index is -4.46. The van der Waals surface area contributed by atoms with Crippen LogP contribution in [0.3, 0.4) is 0 Å². The van der Waals surface area contributed by atoms with E-state index in [4.69, 9.17) is 9.15 Å². The van der Waals surface area contributed by atoms with Gasteiger partial charge in [0.05, 0.1) is 36.4 Å². The highest BCUT2D eigenvalue weighted by Crippen LogP contribution is 2.32. The maximum atomic E-state index is 13.0. The zero-order valence-corrected chi connectivity index (χ0v) is 18.0. The third-order valence-electron chi connectivity index (χ3n) is 5.57. The molecule has 2 aromatic carbocycles. The number of imidazole rings is 1. The van der Waals surface area contributed by atoms with Crippen LogP contribution in [0.15, 0.2) is 59.0 Å². The van der Waals surface area contributed by atoms with Crippen LogP contribution in [0.25, 0.3) is 22.4 Å². The second kappa shape index (κ2) is 8.96. The molecule has 0 bridgehead atoms. The fourth-order valence-corrected chi connectivity index (χ4v) is 3.84. The first-order valence-corrected chi connectivity index (χ1v) is 10.7. The standard InChI is InChI=1S/C24H21F3N4O3/c25-24(26,27)16-3-1-2-15(12-16)20-6-7-21(34-20)23(32)28-17-4-5-18-19(13-17)30-22(29-18)14-31-8-10-33-11-9-31/h1-7,12-13H,8-11,14H2,(H,28,32)(H,29,30). The first-order valence-electron chi connectivity index (χ1n) is 10.7. The second-order valence-electron chi connectivity index (χ2n) is 8.00. The van der Waals surface area contributed by atoms with Gasteiger partial charge in [0.1, 0.15) is 11.6 Å². The molecule has 0 saturated carbocycles. The fraction of sp³-hybridized carbons (Fsp3) is 0.250. The van der Waals surface area contributed by atoms with Crippen LogP contribution >= 0.6 is 0 Å². The predicted octanol–water partition coefficient (Wildman–Crippen LogP) is 4.93. The van der Waals surface area contributed by atoms with Gasteiger partial charge in [-0.05, 0) is 42.5 Å². The molecule has 7 nitrogen and oxygen atoms in total. The maximum absolute atomic E-state index is 13.0. The number of amides is 1. The molecule has 5 rings (SSSR count). The number of hydrogen-bond acceptors (Lipinski definition) is 5. The van der Waals surface area contributed by atoms with Crippen molar-refractivity contribution in [2.24, 2.45) is 0 Å². The topological polar surface area (TPSA) is 83.4 Å². The van der Waals surface area contributed by atoms with E-state index in [0.717, 1.165) is 42.1 Å². The summed E-state index contributed by atoms with van der Waals surface area (Å²) in [7, 11) is 0. The molecule has 0 aliphatic carbocycles. The number of nitrogens with one attached hydrogen (secondary N) is 2. The van der Waals surface area contributed by atoms with E-state index >= 15 is 0 Å². The molecule has 1 fully saturated rings. The van der Waals surface area contributed by atoms with Gasteiger partial charge < -0.3 is 19.5 Å². The molecule has 2 aromatic heterocycles. The van der Waals surface area contributed by atoms with Gasteiger partial charge in [-0.1, -0.05) is 12.1 Å². The number of fused-ring (bicyclic) bond motifs is 1. The Hall–Kier alpha value is -3.63. The highest BCUT2D eigenvalue weighted by atomic mass is 19.4. The number of furan rings is 1. The van der Waals surface area contributed by atoms with E-state index in [1.807, 2.05) is 0 Å². The molecular weight excluding hydrogens is 449 g/mol. The van der Waals surface area contributed by atoms with E-state index in [-0.39, 0.29) is 17.1 Å². The lowest BCUT2D eigenvalue weighted by atomic mass is 10.1. The lowest BCUT2D eigenvalue weighted by Crippen LogP contribution is -2.35. The molecule has 4 aromatic rings. The highest BCUT2D eigenvalue weighted by Gasteiger charge is 2.30. The minimum Gasteiger partial charge on any atom is -0.451 e. The van der Waals surface area contributed by atoms with Crippen molar-refractivity contribution in [3.05, 3.63) is 71.7 Å². The molecule has 1 aliphatic heterocycles. The number of rotatable bonds is 5. The minimum absolute atomic E-state index is 0.00914. The van der Waals surface area contributed by atoms with E-state index in [2.05, 4.69) is 20.2 Å². The average molecular weight is 470 g/mol. The normalized spacial score (nSPS) is 15.0. The van der Waals surface area contributed by atoms with E-state index < -0.39 is 17.6 Å². The Bertz CT molecular complexity index is 1320. The van der Waals surface area contributed by atoms with Gasteiger partial charge in [0.25, 0.3) is 5.91 Å². The maximum Gasteiger partial charge on any atom is 0.416 e. The van der Waals surface area contributed by atoms with Crippen molar-refractivity contribution in [2.45, 2.75) is 12.7 Å². The fourth-order valence-electron chi connectivity index (χ4n) is 3.84. The molecule has 3 heterocycles. The van der Waals surface area contributed by atoms with E-state index in [0.29, 0.717) is 25.4 Å². The van der Waals surface area contributed by atoms with Gasteiger partial charge in [-0.15, -0.1) is 0 Å². The molecule has 1 amide bonds. The van der Waals surface area contributed by atoms with Crippen molar-refractivity contribution in [1.29, 1.82) is 0 Å². The van der Waals surface area contributed by atoms with Crippen LogP contribution in [0, 0.1) is 0 Å². The Labute approximate surface area is 192 Å². The lowest BCUT2D eigenvalue weighted by molar-refractivity contribution is -0.137. The van der Waals surface area contributed by atoms with Gasteiger partial charge in [-0.2, -0.15) is 13.2 Å². The number of anilines is 1. The van der Waals surface area contributed by atoms with Crippen LogP contribution in [-0.4, -0.2) is 47.1 Å². The molecule has 0 radical (unpaired) electrons. The van der Waals surface area contributed by atoms with Crippen molar-refractivity contribution in [3.8, 4) is 11.3 Å². The summed E-state index contributed by atoms with van der Waals surface area (Å²) in [4.78, 5) is 22.8. The number of H-pyrrole nitrogens is 1. The Morgan fingerprint density at radius 1 is 1.09 bits per heavy atom. The smallest absolute Gasteiger partial charge is 0.416 e. The molecule has 0 atom stereocenters. The number of carbonyl (C=O) groups excluding carboxylic acids is 1. The zero-order valence-electron chi connectivity index (χ0n) is 18.0. The Kier molecular flexibility index (Phi) is 5.84. The van der Waals surface area contributed by atoms with Gasteiger partial charge in [0, 0.05) is 24.3 Å². The van der Waals surface area contributed by atoms with Gasteiger partial charge in [-0.3, -0.25) is 9.69 Å². The number of halogens is 3. The van der Waals surface area contributed by atoms with Crippen LogP contribution in [0.2, 0.25) is 0 Å². The molecule has 34 heavy (non-hydrogen) atoms. The van der Waals surface area contributed by atoms with Crippen LogP contribution in [-0.2, 0) is 17.5 Å². The SMILES string of the molecule is O=C(Nc1ccc2nc(CN3CCOCC3)[nH]c2c1)c1ccc(-c2cccc(C(F)(F)F)c2)o1. The number of hydrogen-bond donors (Lipinski definition) is 2. The van der Waals surface area contributed by atoms with Crippen LogP contribution in [0.4, 0.5) is 18.9 Å². The summed E-state index contributed by atoms with van der Waals surface area (Å²) < 4.78 is 49.8. The predicted molar refractivity (Wildman–Crippen MR) is 119 cm³/mol. The van der Waals surface area contributed by atoms with Crippen molar-refractivity contribution in [2.75, 3.05) is 31.6 Å². The number of nitrogens with zero attached hydrogens (tertiary/aromatic N) is 2. The van der Waals surface area contributed by atoms with Crippen LogP contribution in [0.1, 0.15) is 21.9 Å². The van der Waals surface area contributed by atoms with E-state index in [1.54, 1.807) is 18.2 Å². The summed E-state index contributed by atoms with van der Waals surface area (Å²) in [6, 6.07) is 13.0. The third-order valence-corrected chi connectivity index (χ3v) is 5.57. The number of carbonyl (C=O) groups is 1. The second-order valence-corrected chi connectivity index (χ2v) is 8.00. The number of ether oxygens (including phenoxy) is 1. The summed E-state index contributed by atoms with van der Waals surface area (Å²) in [5, 5.41) is 2.75. The first kappa shape index (κ1) is 22.2. The Morgan fingerprint density at radius 3 is 2.71 bits per heavy atom. The van der Waals surface area contributed by atoms with Crippen molar-refractivity contribution < 1.29 is 27.1 Å². The molecule has 176 valence electrons. The highest BCUT2D eigenvalue weighted by molar-refractivity contribution is 6.03. The molecule has 1 aliphatic rings. The molecular formula is C24H21F3N4O3. The summed E-state index contributed by atoms with van der Waals surface area (Å²) in [5.74, 6) is 0.487. The summed E-state index contributed by atoms with van der Waals surface area (Å²) in [5.41, 5.74) is 1.56. The van der Waals surface area contributed by atoms with Crippen molar-refractivity contribution in [1.82, 2.24) is 14.9 Å².